The van der Waals surface area contributed by atoms with Crippen LogP contribution >= 0.6 is 11.3 Å². The third-order valence-electron chi connectivity index (χ3n) is 5.00. The lowest BCUT2D eigenvalue weighted by atomic mass is 10.1. The van der Waals surface area contributed by atoms with Crippen molar-refractivity contribution in [2.45, 2.75) is 20.4 Å². The van der Waals surface area contributed by atoms with Crippen LogP contribution in [-0.4, -0.2) is 30.2 Å². The third-order valence-corrected chi connectivity index (χ3v) is 6.81. The number of hydrogen-bond acceptors (Lipinski definition) is 5. The van der Waals surface area contributed by atoms with Crippen molar-refractivity contribution in [3.8, 4) is 10.6 Å². The third kappa shape index (κ3) is 5.40. The zero-order chi connectivity index (χ0) is 22.7. The second-order valence-corrected chi connectivity index (χ2v) is 9.73. The van der Waals surface area contributed by atoms with Gasteiger partial charge in [-0.1, -0.05) is 35.9 Å². The van der Waals surface area contributed by atoms with Gasteiger partial charge in [0.05, 0.1) is 16.8 Å². The van der Waals surface area contributed by atoms with Crippen LogP contribution in [0.3, 0.4) is 0 Å². The molecule has 0 aliphatic rings. The van der Waals surface area contributed by atoms with Crippen LogP contribution in [0, 0.1) is 13.8 Å². The second-order valence-electron chi connectivity index (χ2n) is 7.66. The molecular weight excluding hydrogens is 442 g/mol. The number of carbonyl (C=O) groups excluding carboxylic acids is 1. The summed E-state index contributed by atoms with van der Waals surface area (Å²) in [4.78, 5) is 17.1. The van der Waals surface area contributed by atoms with Gasteiger partial charge in [-0.3, -0.25) is 4.79 Å². The maximum absolute atomic E-state index is 12.4. The highest BCUT2D eigenvalue weighted by Gasteiger charge is 2.14. The van der Waals surface area contributed by atoms with E-state index in [1.807, 2.05) is 55.5 Å². The van der Waals surface area contributed by atoms with E-state index >= 15 is 0 Å². The molecule has 0 aliphatic heterocycles. The van der Waals surface area contributed by atoms with Crippen LogP contribution in [-0.2, 0) is 22.2 Å². The van der Waals surface area contributed by atoms with E-state index in [4.69, 9.17) is 0 Å². The number of thiazole rings is 1. The highest BCUT2D eigenvalue weighted by molar-refractivity contribution is 7.69. The Morgan fingerprint density at radius 1 is 0.969 bits per heavy atom. The Hall–Kier alpha value is -3.07. The number of fused-ring (bicyclic) bond motifs is 1. The monoisotopic (exact) mass is 465 g/mol. The molecule has 4 rings (SSSR count). The number of rotatable bonds is 7. The van der Waals surface area contributed by atoms with Crippen molar-refractivity contribution in [3.05, 3.63) is 83.4 Å². The van der Waals surface area contributed by atoms with Gasteiger partial charge >= 0.3 is 0 Å². The van der Waals surface area contributed by atoms with Crippen LogP contribution in [0.25, 0.3) is 20.8 Å². The normalized spacial score (nSPS) is 11.4. The Bertz CT molecular complexity index is 1320. The number of carbonyl (C=O) groups is 1. The summed E-state index contributed by atoms with van der Waals surface area (Å²) in [5.41, 5.74) is 5.65. The van der Waals surface area contributed by atoms with Gasteiger partial charge in [-0.25, -0.2) is 13.4 Å². The smallest absolute Gasteiger partial charge is 0.239 e. The van der Waals surface area contributed by atoms with Gasteiger partial charge in [0.15, 0.2) is 0 Å². The molecule has 1 heterocycles. The fourth-order valence-corrected chi connectivity index (χ4v) is 4.89. The summed E-state index contributed by atoms with van der Waals surface area (Å²) < 4.78 is 25.5. The molecule has 0 radical (unpaired) electrons. The number of hydrogen-bond donors (Lipinski definition) is 2. The number of benzene rings is 3. The molecule has 8 heteroatoms. The zero-order valence-electron chi connectivity index (χ0n) is 17.7. The van der Waals surface area contributed by atoms with Gasteiger partial charge in [0.25, 0.3) is 0 Å². The Kier molecular flexibility index (Phi) is 6.64. The molecule has 1 aromatic heterocycles. The van der Waals surface area contributed by atoms with Gasteiger partial charge in [0.1, 0.15) is 5.01 Å². The molecular formula is C24H23N3O3S2. The van der Waals surface area contributed by atoms with E-state index in [0.29, 0.717) is 5.69 Å². The Morgan fingerprint density at radius 3 is 2.34 bits per heavy atom. The lowest BCUT2D eigenvalue weighted by Crippen LogP contribution is -2.31. The molecule has 32 heavy (non-hydrogen) atoms. The maximum Gasteiger partial charge on any atom is 0.239 e. The van der Waals surface area contributed by atoms with Crippen molar-refractivity contribution in [1.29, 1.82) is 0 Å². The van der Waals surface area contributed by atoms with E-state index in [1.165, 1.54) is 5.56 Å². The Labute approximate surface area is 192 Å². The van der Waals surface area contributed by atoms with Crippen LogP contribution < -0.4 is 5.32 Å². The zero-order valence-corrected chi connectivity index (χ0v) is 19.5. The van der Waals surface area contributed by atoms with E-state index in [-0.39, 0.29) is 19.0 Å². The minimum Gasteiger partial charge on any atom is -0.325 e. The lowest BCUT2D eigenvalue weighted by molar-refractivity contribution is -0.116. The van der Waals surface area contributed by atoms with Gasteiger partial charge in [0.2, 0.25) is 16.8 Å². The molecule has 0 unspecified atom stereocenters. The Balaban J connectivity index is 1.41. The SMILES string of the molecule is Cc1ccc(CN(CC(=O)Nc2ccc(-c3nc4ccc(C)cc4s3)cc2)[SH](=O)=O)cc1. The molecule has 1 N–H and O–H groups in total. The number of anilines is 1. The van der Waals surface area contributed by atoms with Crippen LogP contribution in [0.15, 0.2) is 66.7 Å². The summed E-state index contributed by atoms with van der Waals surface area (Å²) in [6.07, 6.45) is 0. The van der Waals surface area contributed by atoms with Crippen LogP contribution in [0.1, 0.15) is 16.7 Å². The van der Waals surface area contributed by atoms with Crippen LogP contribution in [0.4, 0.5) is 5.69 Å². The number of aromatic nitrogens is 1. The number of nitrogens with one attached hydrogen (secondary N) is 1. The molecule has 0 spiro atoms. The average Bonchev–Trinajstić information content (AvgIpc) is 3.18. The number of nitrogens with zero attached hydrogens (tertiary/aromatic N) is 2. The Morgan fingerprint density at radius 2 is 1.66 bits per heavy atom. The summed E-state index contributed by atoms with van der Waals surface area (Å²) in [6.45, 7) is 3.93. The first-order valence-electron chi connectivity index (χ1n) is 10.1. The van der Waals surface area contributed by atoms with Gasteiger partial charge in [-0.05, 0) is 61.4 Å². The predicted molar refractivity (Wildman–Crippen MR) is 130 cm³/mol. The summed E-state index contributed by atoms with van der Waals surface area (Å²) in [5, 5.41) is 3.68. The first-order chi connectivity index (χ1) is 15.4. The molecule has 0 saturated carbocycles. The molecule has 1 amide bonds. The maximum atomic E-state index is 12.4. The predicted octanol–water partition coefficient (Wildman–Crippen LogP) is 4.55. The second kappa shape index (κ2) is 9.60. The molecule has 0 atom stereocenters. The van der Waals surface area contributed by atoms with Crippen LogP contribution in [0.2, 0.25) is 0 Å². The molecule has 0 aliphatic carbocycles. The van der Waals surface area contributed by atoms with Crippen molar-refractivity contribution in [3.63, 3.8) is 0 Å². The lowest BCUT2D eigenvalue weighted by Gasteiger charge is -2.15. The number of thiol groups is 1. The van der Waals surface area contributed by atoms with Gasteiger partial charge < -0.3 is 5.32 Å². The fraction of sp³-hybridized carbons (Fsp3) is 0.167. The minimum atomic E-state index is -2.88. The largest absolute Gasteiger partial charge is 0.325 e. The summed E-state index contributed by atoms with van der Waals surface area (Å²) in [5.74, 6) is -0.389. The first kappa shape index (κ1) is 22.1. The van der Waals surface area contributed by atoms with Gasteiger partial charge in [0, 0.05) is 17.8 Å². The fourth-order valence-electron chi connectivity index (χ4n) is 3.29. The minimum absolute atomic E-state index is 0.155. The number of aryl methyl sites for hydroxylation is 2. The summed E-state index contributed by atoms with van der Waals surface area (Å²) >= 11 is 1.63. The van der Waals surface area contributed by atoms with Gasteiger partial charge in [-0.15, -0.1) is 11.3 Å². The van der Waals surface area contributed by atoms with Crippen LogP contribution in [0.5, 0.6) is 0 Å². The van der Waals surface area contributed by atoms with Crippen molar-refractivity contribution < 1.29 is 13.2 Å². The topological polar surface area (TPSA) is 79.4 Å². The highest BCUT2D eigenvalue weighted by atomic mass is 32.2. The van der Waals surface area contributed by atoms with Crippen molar-refractivity contribution >= 4 is 44.0 Å². The molecule has 3 aromatic carbocycles. The number of amides is 1. The van der Waals surface area contributed by atoms with Crippen molar-refractivity contribution in [2.75, 3.05) is 11.9 Å². The van der Waals surface area contributed by atoms with E-state index in [1.54, 1.807) is 23.5 Å². The van der Waals surface area contributed by atoms with Gasteiger partial charge in [-0.2, -0.15) is 4.31 Å². The standard InChI is InChI=1S/C24H23N3O3S2/c1-16-3-6-18(7-4-16)14-27(32(29)30)15-23(28)25-20-10-8-19(9-11-20)24-26-21-12-5-17(2)13-22(21)31-24/h3-13,32H,14-15H2,1-2H3,(H,25,28). The quantitative estimate of drug-likeness (QED) is 0.393. The van der Waals surface area contributed by atoms with E-state index in [0.717, 1.165) is 36.2 Å². The molecule has 0 fully saturated rings. The van der Waals surface area contributed by atoms with Crippen molar-refractivity contribution in [2.24, 2.45) is 0 Å². The molecule has 4 aromatic rings. The van der Waals surface area contributed by atoms with E-state index < -0.39 is 10.9 Å². The molecule has 0 saturated heterocycles. The van der Waals surface area contributed by atoms with Crippen molar-refractivity contribution in [1.82, 2.24) is 9.29 Å². The average molecular weight is 466 g/mol. The molecule has 0 bridgehead atoms. The first-order valence-corrected chi connectivity index (χ1v) is 12.0. The summed E-state index contributed by atoms with van der Waals surface area (Å²) in [6, 6.07) is 21.1. The highest BCUT2D eigenvalue weighted by Crippen LogP contribution is 2.31. The molecule has 6 nitrogen and oxygen atoms in total. The van der Waals surface area contributed by atoms with E-state index in [2.05, 4.69) is 23.3 Å². The molecule has 164 valence electrons. The van der Waals surface area contributed by atoms with E-state index in [9.17, 15) is 13.2 Å². The summed E-state index contributed by atoms with van der Waals surface area (Å²) in [7, 11) is -2.88.